The summed E-state index contributed by atoms with van der Waals surface area (Å²) < 4.78 is 8.18. The highest BCUT2D eigenvalue weighted by molar-refractivity contribution is 14.1. The molecule has 0 unspecified atom stereocenters. The van der Waals surface area contributed by atoms with Gasteiger partial charge < -0.3 is 15.4 Å². The highest BCUT2D eigenvalue weighted by Crippen LogP contribution is 2.26. The Morgan fingerprint density at radius 1 is 1.33 bits per heavy atom. The van der Waals surface area contributed by atoms with E-state index in [9.17, 15) is 4.79 Å². The second-order valence-corrected chi connectivity index (χ2v) is 9.08. The second kappa shape index (κ2) is 7.03. The molecule has 0 atom stereocenters. The lowest BCUT2D eigenvalue weighted by Crippen LogP contribution is -2.42. The maximum atomic E-state index is 11.8. The van der Waals surface area contributed by atoms with Gasteiger partial charge in [0, 0.05) is 12.1 Å². The van der Waals surface area contributed by atoms with Crippen molar-refractivity contribution < 1.29 is 9.53 Å². The van der Waals surface area contributed by atoms with E-state index in [-0.39, 0.29) is 12.1 Å². The van der Waals surface area contributed by atoms with E-state index in [4.69, 9.17) is 4.74 Å². The van der Waals surface area contributed by atoms with Crippen molar-refractivity contribution in [1.29, 1.82) is 0 Å². The first-order valence-corrected chi connectivity index (χ1v) is 9.96. The van der Waals surface area contributed by atoms with Crippen molar-refractivity contribution in [3.05, 3.63) is 9.90 Å². The van der Waals surface area contributed by atoms with Crippen LogP contribution in [0.4, 0.5) is 9.93 Å². The van der Waals surface area contributed by atoms with E-state index >= 15 is 0 Å². The molecule has 0 bridgehead atoms. The highest BCUT2D eigenvalue weighted by atomic mass is 127. The van der Waals surface area contributed by atoms with E-state index in [0.29, 0.717) is 6.04 Å². The normalized spacial score (nSPS) is 21.7. The molecule has 24 heavy (non-hydrogen) atoms. The Kier molecular flexibility index (Phi) is 5.19. The molecule has 1 amide bonds. The van der Waals surface area contributed by atoms with Crippen LogP contribution in [0.15, 0.2) is 6.20 Å². The number of carbonyl (C=O) groups excluding carboxylic acids is 1. The first-order chi connectivity index (χ1) is 11.3. The molecule has 1 saturated carbocycles. The van der Waals surface area contributed by atoms with Gasteiger partial charge in [-0.15, -0.1) is 5.10 Å². The summed E-state index contributed by atoms with van der Waals surface area (Å²) in [7, 11) is 0. The van der Waals surface area contributed by atoms with Gasteiger partial charge in [0.25, 0.3) is 0 Å². The summed E-state index contributed by atoms with van der Waals surface area (Å²) in [6, 6.07) is 0.572. The number of nitrogens with one attached hydrogen (secondary N) is 2. The third-order valence-electron chi connectivity index (χ3n) is 3.82. The van der Waals surface area contributed by atoms with Crippen molar-refractivity contribution >= 4 is 50.1 Å². The van der Waals surface area contributed by atoms with Crippen molar-refractivity contribution in [3.8, 4) is 0 Å². The van der Waals surface area contributed by atoms with Crippen molar-refractivity contribution in [2.45, 2.75) is 64.1 Å². The molecule has 1 aliphatic rings. The predicted molar refractivity (Wildman–Crippen MR) is 103 cm³/mol. The lowest BCUT2D eigenvalue weighted by atomic mass is 9.91. The largest absolute Gasteiger partial charge is 0.444 e. The molecule has 7 nitrogen and oxygen atoms in total. The lowest BCUT2D eigenvalue weighted by Gasteiger charge is -2.30. The van der Waals surface area contributed by atoms with Gasteiger partial charge in [-0.05, 0) is 69.0 Å². The molecule has 132 valence electrons. The summed E-state index contributed by atoms with van der Waals surface area (Å²) in [6.07, 6.45) is 5.37. The van der Waals surface area contributed by atoms with Crippen LogP contribution in [0.2, 0.25) is 0 Å². The highest BCUT2D eigenvalue weighted by Gasteiger charge is 2.25. The molecule has 1 aliphatic carbocycles. The standard InChI is InChI=1S/C15H22IN5O2S/c1-15(2,3)23-14(22)19-10-6-4-9(5-7-10)18-12-20-21-11(16)8-17-13(21)24-12/h8-10H,4-7H2,1-3H3,(H,18,20)(H,19,22). The van der Waals surface area contributed by atoms with Crippen molar-refractivity contribution in [3.63, 3.8) is 0 Å². The molecule has 2 aromatic heterocycles. The van der Waals surface area contributed by atoms with Crippen LogP contribution in [0.25, 0.3) is 4.96 Å². The number of rotatable bonds is 3. The minimum Gasteiger partial charge on any atom is -0.444 e. The topological polar surface area (TPSA) is 80.5 Å². The zero-order valence-electron chi connectivity index (χ0n) is 14.0. The molecule has 2 N–H and O–H groups in total. The van der Waals surface area contributed by atoms with E-state index in [1.807, 2.05) is 31.5 Å². The molecule has 0 aromatic carbocycles. The van der Waals surface area contributed by atoms with Crippen LogP contribution < -0.4 is 10.6 Å². The lowest BCUT2D eigenvalue weighted by molar-refractivity contribution is 0.0492. The SMILES string of the molecule is CC(C)(C)OC(=O)NC1CCC(Nc2nn3c(I)cnc3s2)CC1. The third kappa shape index (κ3) is 4.50. The fraction of sp³-hybridized carbons (Fsp3) is 0.667. The molecule has 0 saturated heterocycles. The Bertz CT molecular complexity index is 715. The average Bonchev–Trinajstić information content (AvgIpc) is 3.01. The van der Waals surface area contributed by atoms with Crippen molar-refractivity contribution in [1.82, 2.24) is 19.9 Å². The van der Waals surface area contributed by atoms with Gasteiger partial charge in [0.15, 0.2) is 0 Å². The molecule has 1 fully saturated rings. The van der Waals surface area contributed by atoms with E-state index in [1.54, 1.807) is 11.3 Å². The smallest absolute Gasteiger partial charge is 0.407 e. The van der Waals surface area contributed by atoms with E-state index in [1.165, 1.54) is 0 Å². The molecule has 0 aliphatic heterocycles. The second-order valence-electron chi connectivity index (χ2n) is 7.02. The maximum Gasteiger partial charge on any atom is 0.407 e. The van der Waals surface area contributed by atoms with Crippen LogP contribution in [0.3, 0.4) is 0 Å². The van der Waals surface area contributed by atoms with Crippen LogP contribution in [0.5, 0.6) is 0 Å². The average molecular weight is 463 g/mol. The summed E-state index contributed by atoms with van der Waals surface area (Å²) >= 11 is 3.79. The number of halogens is 1. The van der Waals surface area contributed by atoms with Crippen LogP contribution in [0, 0.1) is 3.70 Å². The number of amides is 1. The number of hydrogen-bond donors (Lipinski definition) is 2. The van der Waals surface area contributed by atoms with Crippen molar-refractivity contribution in [2.24, 2.45) is 0 Å². The van der Waals surface area contributed by atoms with Crippen LogP contribution in [0.1, 0.15) is 46.5 Å². The molecular weight excluding hydrogens is 441 g/mol. The molecule has 0 spiro atoms. The van der Waals surface area contributed by atoms with Gasteiger partial charge >= 0.3 is 6.09 Å². The first-order valence-electron chi connectivity index (χ1n) is 8.06. The molecule has 3 rings (SSSR count). The molecular formula is C15H22IN5O2S. The summed E-state index contributed by atoms with van der Waals surface area (Å²) in [5.74, 6) is 0. The predicted octanol–water partition coefficient (Wildman–Crippen LogP) is 3.64. The van der Waals surface area contributed by atoms with Crippen LogP contribution in [-0.2, 0) is 4.74 Å². The number of fused-ring (bicyclic) bond motifs is 1. The minimum absolute atomic E-state index is 0.187. The van der Waals surface area contributed by atoms with Crippen LogP contribution >= 0.6 is 33.9 Å². The molecule has 9 heteroatoms. The summed E-state index contributed by atoms with van der Waals surface area (Å²) in [5.41, 5.74) is -0.456. The molecule has 0 radical (unpaired) electrons. The Labute approximate surface area is 158 Å². The zero-order valence-corrected chi connectivity index (χ0v) is 17.0. The number of hydrogen-bond acceptors (Lipinski definition) is 6. The zero-order chi connectivity index (χ0) is 17.3. The van der Waals surface area contributed by atoms with Crippen LogP contribution in [-0.4, -0.2) is 38.4 Å². The van der Waals surface area contributed by atoms with Gasteiger partial charge in [-0.25, -0.2) is 9.78 Å². The summed E-state index contributed by atoms with van der Waals surface area (Å²) in [5, 5.41) is 11.9. The monoisotopic (exact) mass is 463 g/mol. The fourth-order valence-corrected chi connectivity index (χ4v) is 4.25. The van der Waals surface area contributed by atoms with Gasteiger partial charge in [-0.2, -0.15) is 4.52 Å². The van der Waals surface area contributed by atoms with E-state index in [0.717, 1.165) is 39.5 Å². The molecule has 2 aromatic rings. The number of alkyl carbamates (subject to hydrolysis) is 1. The summed E-state index contributed by atoms with van der Waals surface area (Å²) in [4.78, 5) is 17.1. The maximum absolute atomic E-state index is 11.8. The first kappa shape index (κ1) is 17.7. The summed E-state index contributed by atoms with van der Waals surface area (Å²) in [6.45, 7) is 5.62. The number of ether oxygens (including phenoxy) is 1. The van der Waals surface area contributed by atoms with Crippen molar-refractivity contribution in [2.75, 3.05) is 5.32 Å². The third-order valence-corrected chi connectivity index (χ3v) is 5.41. The van der Waals surface area contributed by atoms with E-state index < -0.39 is 5.60 Å². The number of carbonyl (C=O) groups is 1. The number of anilines is 1. The van der Waals surface area contributed by atoms with Gasteiger partial charge in [-0.3, -0.25) is 0 Å². The van der Waals surface area contributed by atoms with Gasteiger partial charge in [0.1, 0.15) is 9.30 Å². The Morgan fingerprint density at radius 3 is 2.62 bits per heavy atom. The minimum atomic E-state index is -0.456. The van der Waals surface area contributed by atoms with Gasteiger partial charge in [-0.1, -0.05) is 11.3 Å². The fourth-order valence-electron chi connectivity index (χ4n) is 2.76. The quantitative estimate of drug-likeness (QED) is 0.680. The van der Waals surface area contributed by atoms with Gasteiger partial charge in [0.05, 0.1) is 6.20 Å². The van der Waals surface area contributed by atoms with E-state index in [2.05, 4.69) is 43.3 Å². The number of aromatic nitrogens is 3. The number of nitrogens with zero attached hydrogens (tertiary/aromatic N) is 3. The van der Waals surface area contributed by atoms with Gasteiger partial charge in [0.2, 0.25) is 10.1 Å². The Balaban J connectivity index is 1.47. The Morgan fingerprint density at radius 2 is 2.00 bits per heavy atom. The number of imidazole rings is 1. The molecule has 2 heterocycles. The Hall–Kier alpha value is -1.10.